The first-order chi connectivity index (χ1) is 9.79. The second-order valence-corrected chi connectivity index (χ2v) is 4.20. The molecule has 0 radical (unpaired) electrons. The molecule has 0 amide bonds. The molecule has 3 aromatic rings. The Hall–Kier alpha value is -2.68. The van der Waals surface area contributed by atoms with E-state index in [9.17, 15) is 0 Å². The maximum absolute atomic E-state index is 5.40. The topological polar surface area (TPSA) is 51.8 Å². The molecule has 1 heterocycles. The normalized spacial score (nSPS) is 10.2. The van der Waals surface area contributed by atoms with E-state index in [-0.39, 0.29) is 0 Å². The zero-order valence-electron chi connectivity index (χ0n) is 11.4. The van der Waals surface area contributed by atoms with Crippen LogP contribution in [-0.2, 0) is 0 Å². The van der Waals surface area contributed by atoms with Crippen LogP contribution < -0.4 is 5.73 Å². The smallest absolute Gasteiger partial charge is 0.220 e. The molecule has 0 spiro atoms. The molecule has 3 nitrogen and oxygen atoms in total. The van der Waals surface area contributed by atoms with Gasteiger partial charge in [-0.2, -0.15) is 0 Å². The lowest BCUT2D eigenvalue weighted by Crippen LogP contribution is -1.93. The van der Waals surface area contributed by atoms with Gasteiger partial charge in [-0.25, -0.2) is 9.97 Å². The van der Waals surface area contributed by atoms with Crippen molar-refractivity contribution >= 4 is 22.9 Å². The van der Waals surface area contributed by atoms with Crippen LogP contribution in [-0.4, -0.2) is 9.97 Å². The highest BCUT2D eigenvalue weighted by molar-refractivity contribution is 5.78. The number of nitrogens with two attached hydrogens (primary N) is 1. The Morgan fingerprint density at radius 3 is 2.40 bits per heavy atom. The van der Waals surface area contributed by atoms with Gasteiger partial charge in [-0.3, -0.25) is 0 Å². The lowest BCUT2D eigenvalue weighted by atomic mass is 10.2. The first kappa shape index (κ1) is 13.7. The number of hydrogen-bond donors (Lipinski definition) is 1. The minimum atomic E-state index is 0.323. The number of para-hydroxylation sites is 1. The van der Waals surface area contributed by atoms with Gasteiger partial charge in [0.25, 0.3) is 0 Å². The van der Waals surface area contributed by atoms with Crippen LogP contribution in [0, 0.1) is 0 Å². The highest BCUT2D eigenvalue weighted by Gasteiger charge is 1.92. The van der Waals surface area contributed by atoms with Crippen molar-refractivity contribution in [2.24, 2.45) is 0 Å². The third kappa shape index (κ3) is 3.92. The zero-order chi connectivity index (χ0) is 14.2. The molecule has 0 aliphatic rings. The molecule has 0 atom stereocenters. The van der Waals surface area contributed by atoms with Crippen LogP contribution in [0.2, 0.25) is 0 Å². The van der Waals surface area contributed by atoms with E-state index < -0.39 is 0 Å². The van der Waals surface area contributed by atoms with Gasteiger partial charge < -0.3 is 5.73 Å². The molecule has 2 aromatic carbocycles. The SMILES string of the molecule is CC=Cc1ccccc1.Nc1ncc2ccccc2n1. The molecular formula is C17H17N3. The first-order valence-corrected chi connectivity index (χ1v) is 6.44. The Labute approximate surface area is 118 Å². The Morgan fingerprint density at radius 1 is 0.950 bits per heavy atom. The van der Waals surface area contributed by atoms with Crippen LogP contribution in [0.5, 0.6) is 0 Å². The number of allylic oxidation sites excluding steroid dienone is 1. The summed E-state index contributed by atoms with van der Waals surface area (Å²) in [6.07, 6.45) is 5.84. The van der Waals surface area contributed by atoms with E-state index in [1.807, 2.05) is 55.5 Å². The number of fused-ring (bicyclic) bond motifs is 1. The molecule has 3 rings (SSSR count). The molecular weight excluding hydrogens is 246 g/mol. The Kier molecular flexibility index (Phi) is 4.84. The van der Waals surface area contributed by atoms with Crippen molar-refractivity contribution < 1.29 is 0 Å². The fourth-order valence-corrected chi connectivity index (χ4v) is 1.74. The maximum atomic E-state index is 5.40. The maximum Gasteiger partial charge on any atom is 0.220 e. The standard InChI is InChI=1S/C9H10.C8H7N3/c1-2-6-9-7-4-3-5-8-9;9-8-10-5-6-3-1-2-4-7(6)11-8/h2-8H,1H3;1-5H,(H2,9,10,11). The molecule has 0 fully saturated rings. The van der Waals surface area contributed by atoms with E-state index >= 15 is 0 Å². The van der Waals surface area contributed by atoms with E-state index in [0.717, 1.165) is 10.9 Å². The highest BCUT2D eigenvalue weighted by Crippen LogP contribution is 2.09. The van der Waals surface area contributed by atoms with E-state index in [2.05, 4.69) is 28.2 Å². The predicted octanol–water partition coefficient (Wildman–Crippen LogP) is 3.93. The highest BCUT2D eigenvalue weighted by atomic mass is 15.0. The summed E-state index contributed by atoms with van der Waals surface area (Å²) in [5.74, 6) is 0.323. The van der Waals surface area contributed by atoms with Crippen LogP contribution in [0.25, 0.3) is 17.0 Å². The second-order valence-electron chi connectivity index (χ2n) is 4.20. The van der Waals surface area contributed by atoms with Gasteiger partial charge in [0.1, 0.15) is 0 Å². The van der Waals surface area contributed by atoms with Crippen LogP contribution in [0.1, 0.15) is 12.5 Å². The third-order valence-corrected chi connectivity index (χ3v) is 2.67. The summed E-state index contributed by atoms with van der Waals surface area (Å²) in [6.45, 7) is 2.02. The molecule has 0 bridgehead atoms. The molecule has 0 aliphatic carbocycles. The molecule has 100 valence electrons. The first-order valence-electron chi connectivity index (χ1n) is 6.44. The van der Waals surface area contributed by atoms with Gasteiger partial charge in [-0.05, 0) is 18.6 Å². The van der Waals surface area contributed by atoms with E-state index in [4.69, 9.17) is 5.73 Å². The van der Waals surface area contributed by atoms with E-state index in [1.165, 1.54) is 5.56 Å². The van der Waals surface area contributed by atoms with Gasteiger partial charge in [-0.15, -0.1) is 0 Å². The molecule has 1 aromatic heterocycles. The largest absolute Gasteiger partial charge is 0.368 e. The van der Waals surface area contributed by atoms with Gasteiger partial charge >= 0.3 is 0 Å². The van der Waals surface area contributed by atoms with Crippen molar-refractivity contribution in [2.75, 3.05) is 5.73 Å². The summed E-state index contributed by atoms with van der Waals surface area (Å²) in [5.41, 5.74) is 7.55. The van der Waals surface area contributed by atoms with E-state index in [1.54, 1.807) is 6.20 Å². The summed E-state index contributed by atoms with van der Waals surface area (Å²) in [5, 5.41) is 1.02. The predicted molar refractivity (Wildman–Crippen MR) is 85.1 cm³/mol. The summed E-state index contributed by atoms with van der Waals surface area (Å²) < 4.78 is 0. The summed E-state index contributed by atoms with van der Waals surface area (Å²) in [7, 11) is 0. The average Bonchev–Trinajstić information content (AvgIpc) is 2.49. The summed E-state index contributed by atoms with van der Waals surface area (Å²) in [6, 6.07) is 18.0. The van der Waals surface area contributed by atoms with Gasteiger partial charge in [0, 0.05) is 11.6 Å². The Morgan fingerprint density at radius 2 is 1.65 bits per heavy atom. The van der Waals surface area contributed by atoms with Gasteiger partial charge in [0.05, 0.1) is 5.52 Å². The van der Waals surface area contributed by atoms with Crippen LogP contribution in [0.4, 0.5) is 5.95 Å². The van der Waals surface area contributed by atoms with E-state index in [0.29, 0.717) is 5.95 Å². The fourth-order valence-electron chi connectivity index (χ4n) is 1.74. The average molecular weight is 263 g/mol. The number of rotatable bonds is 1. The lowest BCUT2D eigenvalue weighted by molar-refractivity contribution is 1.24. The fraction of sp³-hybridized carbons (Fsp3) is 0.0588. The number of benzene rings is 2. The molecule has 20 heavy (non-hydrogen) atoms. The van der Waals surface area contributed by atoms with Crippen molar-refractivity contribution in [3.63, 3.8) is 0 Å². The van der Waals surface area contributed by atoms with Crippen LogP contribution in [0.15, 0.2) is 66.9 Å². The zero-order valence-corrected chi connectivity index (χ0v) is 11.4. The second kappa shape index (κ2) is 7.04. The van der Waals surface area contributed by atoms with Crippen molar-refractivity contribution in [1.82, 2.24) is 9.97 Å². The van der Waals surface area contributed by atoms with Crippen LogP contribution >= 0.6 is 0 Å². The molecule has 0 unspecified atom stereocenters. The molecule has 0 aliphatic heterocycles. The number of nitrogens with zero attached hydrogens (tertiary/aromatic N) is 2. The summed E-state index contributed by atoms with van der Waals surface area (Å²) >= 11 is 0. The van der Waals surface area contributed by atoms with Gasteiger partial charge in [0.2, 0.25) is 5.95 Å². The molecule has 2 N–H and O–H groups in total. The number of hydrogen-bond acceptors (Lipinski definition) is 3. The van der Waals surface area contributed by atoms with Crippen molar-refractivity contribution in [3.05, 3.63) is 72.4 Å². The number of aromatic nitrogens is 2. The van der Waals surface area contributed by atoms with Crippen molar-refractivity contribution in [3.8, 4) is 0 Å². The number of anilines is 1. The van der Waals surface area contributed by atoms with Crippen molar-refractivity contribution in [2.45, 2.75) is 6.92 Å². The van der Waals surface area contributed by atoms with Gasteiger partial charge in [0.15, 0.2) is 0 Å². The monoisotopic (exact) mass is 263 g/mol. The lowest BCUT2D eigenvalue weighted by Gasteiger charge is -1.94. The minimum absolute atomic E-state index is 0.323. The van der Waals surface area contributed by atoms with Crippen molar-refractivity contribution in [1.29, 1.82) is 0 Å². The minimum Gasteiger partial charge on any atom is -0.368 e. The summed E-state index contributed by atoms with van der Waals surface area (Å²) in [4.78, 5) is 7.92. The Bertz CT molecular complexity index is 691. The molecule has 0 saturated carbocycles. The number of nitrogen functional groups attached to an aromatic ring is 1. The van der Waals surface area contributed by atoms with Gasteiger partial charge in [-0.1, -0.05) is 60.7 Å². The molecule has 0 saturated heterocycles. The quantitative estimate of drug-likeness (QED) is 0.723. The Balaban J connectivity index is 0.000000151. The van der Waals surface area contributed by atoms with Crippen LogP contribution in [0.3, 0.4) is 0 Å². The third-order valence-electron chi connectivity index (χ3n) is 2.67. The molecule has 3 heteroatoms.